The monoisotopic (exact) mass is 404 g/mol. The number of carbonyl (C=O) groups is 1. The summed E-state index contributed by atoms with van der Waals surface area (Å²) in [7, 11) is 3.09. The van der Waals surface area contributed by atoms with Gasteiger partial charge in [-0.05, 0) is 30.3 Å². The van der Waals surface area contributed by atoms with Crippen molar-refractivity contribution >= 4 is 22.5 Å². The van der Waals surface area contributed by atoms with Gasteiger partial charge in [0.05, 0.1) is 26.5 Å². The Morgan fingerprint density at radius 3 is 2.50 bits per heavy atom. The third kappa shape index (κ3) is 3.72. The van der Waals surface area contributed by atoms with Crippen molar-refractivity contribution in [3.63, 3.8) is 0 Å². The molecule has 5 nitrogen and oxygen atoms in total. The Hall–Kier alpha value is -3.80. The van der Waals surface area contributed by atoms with Crippen LogP contribution < -0.4 is 14.8 Å². The molecule has 1 aromatic heterocycles. The van der Waals surface area contributed by atoms with E-state index in [4.69, 9.17) is 9.47 Å². The van der Waals surface area contributed by atoms with E-state index in [-0.39, 0.29) is 18.3 Å². The highest BCUT2D eigenvalue weighted by atomic mass is 19.1. The molecule has 1 heterocycles. The van der Waals surface area contributed by atoms with Crippen LogP contribution in [0.4, 0.5) is 10.1 Å². The molecule has 0 spiro atoms. The minimum atomic E-state index is -0.325. The highest BCUT2D eigenvalue weighted by Crippen LogP contribution is 2.30. The number of para-hydroxylation sites is 1. The number of hydrogen-bond acceptors (Lipinski definition) is 3. The predicted octanol–water partition coefficient (Wildman–Crippen LogP) is 5.10. The Morgan fingerprint density at radius 2 is 1.73 bits per heavy atom. The maximum atomic E-state index is 14.3. The number of nitrogens with zero attached hydrogens (tertiary/aromatic N) is 1. The van der Waals surface area contributed by atoms with Crippen LogP contribution in [-0.2, 0) is 6.54 Å². The van der Waals surface area contributed by atoms with Crippen molar-refractivity contribution in [1.82, 2.24) is 4.57 Å². The molecule has 0 aliphatic heterocycles. The van der Waals surface area contributed by atoms with E-state index in [0.29, 0.717) is 28.4 Å². The maximum absolute atomic E-state index is 14.3. The van der Waals surface area contributed by atoms with Crippen molar-refractivity contribution in [3.8, 4) is 11.5 Å². The highest BCUT2D eigenvalue weighted by molar-refractivity contribution is 6.07. The Kier molecular flexibility index (Phi) is 5.39. The second-order valence-corrected chi connectivity index (χ2v) is 6.79. The lowest BCUT2D eigenvalue weighted by Crippen LogP contribution is -2.18. The van der Waals surface area contributed by atoms with E-state index in [2.05, 4.69) is 5.32 Å². The first-order valence-corrected chi connectivity index (χ1v) is 9.45. The van der Waals surface area contributed by atoms with Crippen LogP contribution in [0.3, 0.4) is 0 Å². The lowest BCUT2D eigenvalue weighted by molar-refractivity contribution is 0.101. The van der Waals surface area contributed by atoms with Gasteiger partial charge in [-0.25, -0.2) is 4.39 Å². The first-order chi connectivity index (χ1) is 14.6. The summed E-state index contributed by atoms with van der Waals surface area (Å²) in [5, 5.41) is 3.80. The number of nitrogens with one attached hydrogen (secondary N) is 1. The summed E-state index contributed by atoms with van der Waals surface area (Å²) in [6.07, 6.45) is 0. The minimum Gasteiger partial charge on any atom is -0.497 e. The molecule has 0 bridgehead atoms. The molecule has 0 unspecified atom stereocenters. The van der Waals surface area contributed by atoms with Gasteiger partial charge in [0.15, 0.2) is 0 Å². The van der Waals surface area contributed by atoms with Crippen molar-refractivity contribution in [1.29, 1.82) is 0 Å². The van der Waals surface area contributed by atoms with E-state index < -0.39 is 0 Å². The van der Waals surface area contributed by atoms with Gasteiger partial charge in [-0.15, -0.1) is 0 Å². The number of ether oxygens (including phenoxy) is 2. The van der Waals surface area contributed by atoms with E-state index in [0.717, 1.165) is 10.9 Å². The van der Waals surface area contributed by atoms with Crippen molar-refractivity contribution in [3.05, 3.63) is 89.9 Å². The van der Waals surface area contributed by atoms with Gasteiger partial charge in [0.1, 0.15) is 23.0 Å². The number of carbonyl (C=O) groups excluding carboxylic acids is 1. The van der Waals surface area contributed by atoms with Gasteiger partial charge in [0.25, 0.3) is 5.91 Å². The van der Waals surface area contributed by atoms with Gasteiger partial charge in [0.2, 0.25) is 0 Å². The van der Waals surface area contributed by atoms with Gasteiger partial charge >= 0.3 is 0 Å². The van der Waals surface area contributed by atoms with Gasteiger partial charge < -0.3 is 19.4 Å². The number of benzene rings is 3. The molecule has 0 fully saturated rings. The van der Waals surface area contributed by atoms with Gasteiger partial charge in [-0.1, -0.05) is 36.4 Å². The second kappa shape index (κ2) is 8.29. The third-order valence-corrected chi connectivity index (χ3v) is 4.98. The topological polar surface area (TPSA) is 52.5 Å². The SMILES string of the molecule is COc1ccc(OC)c(NC(=O)c2cc3ccccc3n2Cc2ccccc2F)c1. The average molecular weight is 404 g/mol. The van der Waals surface area contributed by atoms with Crippen LogP contribution in [0.15, 0.2) is 72.8 Å². The zero-order chi connectivity index (χ0) is 21.1. The van der Waals surface area contributed by atoms with E-state index >= 15 is 0 Å². The number of amides is 1. The molecule has 0 saturated heterocycles. The molecule has 1 amide bonds. The number of rotatable bonds is 6. The number of methoxy groups -OCH3 is 2. The molecule has 0 atom stereocenters. The second-order valence-electron chi connectivity index (χ2n) is 6.79. The lowest BCUT2D eigenvalue weighted by atomic mass is 10.2. The Morgan fingerprint density at radius 1 is 0.967 bits per heavy atom. The van der Waals surface area contributed by atoms with Crippen molar-refractivity contribution in [2.45, 2.75) is 6.54 Å². The fraction of sp³-hybridized carbons (Fsp3) is 0.125. The largest absolute Gasteiger partial charge is 0.497 e. The Balaban J connectivity index is 1.75. The summed E-state index contributed by atoms with van der Waals surface area (Å²) in [5.74, 6) is 0.476. The number of anilines is 1. The van der Waals surface area contributed by atoms with Crippen molar-refractivity contribution in [2.75, 3.05) is 19.5 Å². The molecule has 4 rings (SSSR count). The van der Waals surface area contributed by atoms with Crippen molar-refractivity contribution < 1.29 is 18.7 Å². The third-order valence-electron chi connectivity index (χ3n) is 4.98. The van der Waals surface area contributed by atoms with E-state index in [1.54, 1.807) is 49.6 Å². The molecule has 6 heteroatoms. The Labute approximate surface area is 173 Å². The molecular weight excluding hydrogens is 383 g/mol. The zero-order valence-corrected chi connectivity index (χ0v) is 16.7. The number of halogens is 1. The van der Waals surface area contributed by atoms with Crippen LogP contribution in [0.25, 0.3) is 10.9 Å². The van der Waals surface area contributed by atoms with Crippen LogP contribution >= 0.6 is 0 Å². The van der Waals surface area contributed by atoms with Crippen molar-refractivity contribution in [2.24, 2.45) is 0 Å². The molecular formula is C24H21FN2O3. The first kappa shape index (κ1) is 19.5. The molecule has 0 aliphatic rings. The molecule has 1 N–H and O–H groups in total. The summed E-state index contributed by atoms with van der Waals surface area (Å²) in [6, 6.07) is 21.2. The van der Waals surface area contributed by atoms with Crippen LogP contribution in [0.5, 0.6) is 11.5 Å². The lowest BCUT2D eigenvalue weighted by Gasteiger charge is -2.14. The average Bonchev–Trinajstić information content (AvgIpc) is 3.14. The standard InChI is InChI=1S/C24H21FN2O3/c1-29-18-11-12-23(30-2)20(14-18)26-24(28)22-13-16-7-4-6-10-21(16)27(22)15-17-8-3-5-9-19(17)25/h3-14H,15H2,1-2H3,(H,26,28). The molecule has 0 saturated carbocycles. The number of aromatic nitrogens is 1. The summed E-state index contributed by atoms with van der Waals surface area (Å²) < 4.78 is 26.7. The van der Waals surface area contributed by atoms with Crippen LogP contribution in [0.2, 0.25) is 0 Å². The summed E-state index contributed by atoms with van der Waals surface area (Å²) in [4.78, 5) is 13.2. The first-order valence-electron chi connectivity index (χ1n) is 9.45. The number of fused-ring (bicyclic) bond motifs is 1. The summed E-state index contributed by atoms with van der Waals surface area (Å²) >= 11 is 0. The Bertz CT molecular complexity index is 1220. The quantitative estimate of drug-likeness (QED) is 0.487. The molecule has 0 radical (unpaired) electrons. The summed E-state index contributed by atoms with van der Waals surface area (Å²) in [5.41, 5.74) is 2.27. The zero-order valence-electron chi connectivity index (χ0n) is 16.7. The van der Waals surface area contributed by atoms with Gasteiger partial charge in [-0.2, -0.15) is 0 Å². The molecule has 30 heavy (non-hydrogen) atoms. The van der Waals surface area contributed by atoms with Crippen LogP contribution in [-0.4, -0.2) is 24.7 Å². The molecule has 3 aromatic carbocycles. The van der Waals surface area contributed by atoms with Gasteiger partial charge in [-0.3, -0.25) is 4.79 Å². The van der Waals surface area contributed by atoms with E-state index in [1.165, 1.54) is 13.2 Å². The smallest absolute Gasteiger partial charge is 0.272 e. The molecule has 152 valence electrons. The summed E-state index contributed by atoms with van der Waals surface area (Å²) in [6.45, 7) is 0.234. The highest BCUT2D eigenvalue weighted by Gasteiger charge is 2.18. The minimum absolute atomic E-state index is 0.234. The van der Waals surface area contributed by atoms with E-state index in [9.17, 15) is 9.18 Å². The van der Waals surface area contributed by atoms with Gasteiger partial charge in [0, 0.05) is 22.5 Å². The predicted molar refractivity (Wildman–Crippen MR) is 115 cm³/mol. The van der Waals surface area contributed by atoms with Crippen LogP contribution in [0.1, 0.15) is 16.1 Å². The number of hydrogen-bond donors (Lipinski definition) is 1. The maximum Gasteiger partial charge on any atom is 0.272 e. The molecule has 4 aromatic rings. The fourth-order valence-electron chi connectivity index (χ4n) is 3.46. The normalized spacial score (nSPS) is 10.8. The van der Waals surface area contributed by atoms with E-state index in [1.807, 2.05) is 28.8 Å². The fourth-order valence-corrected chi connectivity index (χ4v) is 3.46. The van der Waals surface area contributed by atoms with Crippen LogP contribution in [0, 0.1) is 5.82 Å². The molecule has 0 aliphatic carbocycles.